The van der Waals surface area contributed by atoms with Crippen LogP contribution in [0.5, 0.6) is 0 Å². The smallest absolute Gasteiger partial charge is 0.105 e. The fourth-order valence-electron chi connectivity index (χ4n) is 2.75. The highest BCUT2D eigenvalue weighted by molar-refractivity contribution is 5.79. The second-order valence-corrected chi connectivity index (χ2v) is 4.04. The maximum Gasteiger partial charge on any atom is 0.105 e. The molecule has 3 nitrogen and oxygen atoms in total. The summed E-state index contributed by atoms with van der Waals surface area (Å²) in [6.07, 6.45) is 5.44. The van der Waals surface area contributed by atoms with Gasteiger partial charge in [0.05, 0.1) is 6.54 Å². The molecule has 1 aliphatic heterocycles. The molecule has 0 aromatic rings. The van der Waals surface area contributed by atoms with Gasteiger partial charge in [0, 0.05) is 6.04 Å². The number of nitrogens with one attached hydrogen (secondary N) is 1. The average Bonchev–Trinajstić information content (AvgIpc) is 2.52. The van der Waals surface area contributed by atoms with Gasteiger partial charge in [0.15, 0.2) is 0 Å². The molecule has 1 saturated carbocycles. The molecule has 3 heteroatoms. The Morgan fingerprint density at radius 2 is 2.25 bits per heavy atom. The molecule has 0 radical (unpaired) electrons. The highest BCUT2D eigenvalue weighted by atomic mass is 15.2. The topological polar surface area (TPSA) is 53.1 Å². The molecular formula is C9H17N3. The molecule has 1 aliphatic carbocycles. The first-order valence-corrected chi connectivity index (χ1v) is 4.84. The van der Waals surface area contributed by atoms with Crippen LogP contribution >= 0.6 is 0 Å². The van der Waals surface area contributed by atoms with Crippen LogP contribution < -0.4 is 5.73 Å². The standard InChI is InChI=1S/C9H17N3/c10-9(11)6-12-5-4-7-2-1-3-8(7)12/h7-8H,1-6H2,(H3,10,11). The number of hydrogen-bond donors (Lipinski definition) is 2. The molecular weight excluding hydrogens is 150 g/mol. The summed E-state index contributed by atoms with van der Waals surface area (Å²) in [5.74, 6) is 1.24. The van der Waals surface area contributed by atoms with Gasteiger partial charge in [-0.15, -0.1) is 0 Å². The highest BCUT2D eigenvalue weighted by Crippen LogP contribution is 2.37. The number of amidine groups is 1. The van der Waals surface area contributed by atoms with Crippen molar-refractivity contribution in [2.75, 3.05) is 13.1 Å². The van der Waals surface area contributed by atoms with Gasteiger partial charge in [-0.3, -0.25) is 10.3 Å². The molecule has 2 atom stereocenters. The lowest BCUT2D eigenvalue weighted by molar-refractivity contribution is 0.273. The van der Waals surface area contributed by atoms with Crippen LogP contribution in [0.2, 0.25) is 0 Å². The predicted molar refractivity (Wildman–Crippen MR) is 49.2 cm³/mol. The Morgan fingerprint density at radius 1 is 1.42 bits per heavy atom. The maximum absolute atomic E-state index is 7.25. The molecule has 2 rings (SSSR count). The third-order valence-electron chi connectivity index (χ3n) is 3.25. The Hall–Kier alpha value is -0.570. The van der Waals surface area contributed by atoms with E-state index in [1.165, 1.54) is 25.7 Å². The van der Waals surface area contributed by atoms with Crippen LogP contribution in [0.15, 0.2) is 0 Å². The van der Waals surface area contributed by atoms with Crippen molar-refractivity contribution in [2.24, 2.45) is 11.7 Å². The number of nitrogens with two attached hydrogens (primary N) is 1. The van der Waals surface area contributed by atoms with E-state index in [2.05, 4.69) is 4.90 Å². The first kappa shape index (κ1) is 8.05. The van der Waals surface area contributed by atoms with Gasteiger partial charge in [-0.25, -0.2) is 0 Å². The van der Waals surface area contributed by atoms with Crippen molar-refractivity contribution in [1.82, 2.24) is 4.90 Å². The fourth-order valence-corrected chi connectivity index (χ4v) is 2.75. The van der Waals surface area contributed by atoms with Crippen LogP contribution in [0, 0.1) is 11.3 Å². The predicted octanol–water partition coefficient (Wildman–Crippen LogP) is 0.797. The fraction of sp³-hybridized carbons (Fsp3) is 0.889. The number of likely N-dealkylation sites (tertiary alicyclic amines) is 1. The van der Waals surface area contributed by atoms with Gasteiger partial charge in [-0.2, -0.15) is 0 Å². The van der Waals surface area contributed by atoms with Gasteiger partial charge < -0.3 is 5.73 Å². The zero-order valence-corrected chi connectivity index (χ0v) is 7.42. The molecule has 1 heterocycles. The van der Waals surface area contributed by atoms with Crippen LogP contribution in [0.3, 0.4) is 0 Å². The molecule has 0 amide bonds. The number of nitrogens with zero attached hydrogens (tertiary/aromatic N) is 1. The Kier molecular flexibility index (Phi) is 2.05. The second-order valence-electron chi connectivity index (χ2n) is 4.04. The van der Waals surface area contributed by atoms with Crippen LogP contribution in [0.1, 0.15) is 25.7 Å². The monoisotopic (exact) mass is 167 g/mol. The molecule has 2 aliphatic rings. The normalized spacial score (nSPS) is 35.3. The number of fused-ring (bicyclic) bond motifs is 1. The Bertz CT molecular complexity index is 190. The van der Waals surface area contributed by atoms with Crippen LogP contribution in [0.4, 0.5) is 0 Å². The lowest BCUT2D eigenvalue weighted by atomic mass is 10.1. The van der Waals surface area contributed by atoms with Crippen LogP contribution in [0.25, 0.3) is 0 Å². The summed E-state index contributed by atoms with van der Waals surface area (Å²) < 4.78 is 0. The van der Waals surface area contributed by atoms with Gasteiger partial charge in [0.25, 0.3) is 0 Å². The summed E-state index contributed by atoms with van der Waals surface area (Å²) in [6.45, 7) is 1.86. The molecule has 0 spiro atoms. The third-order valence-corrected chi connectivity index (χ3v) is 3.25. The van der Waals surface area contributed by atoms with Crippen LogP contribution in [-0.2, 0) is 0 Å². The Morgan fingerprint density at radius 3 is 3.00 bits per heavy atom. The molecule has 0 aromatic heterocycles. The van der Waals surface area contributed by atoms with Gasteiger partial charge in [0.1, 0.15) is 5.84 Å². The summed E-state index contributed by atoms with van der Waals surface area (Å²) in [7, 11) is 0. The van der Waals surface area contributed by atoms with Crippen molar-refractivity contribution in [2.45, 2.75) is 31.7 Å². The van der Waals surface area contributed by atoms with E-state index in [1.807, 2.05) is 0 Å². The lowest BCUT2D eigenvalue weighted by Crippen LogP contribution is -2.37. The van der Waals surface area contributed by atoms with E-state index in [1.54, 1.807) is 0 Å². The highest BCUT2D eigenvalue weighted by Gasteiger charge is 2.37. The maximum atomic E-state index is 7.25. The summed E-state index contributed by atoms with van der Waals surface area (Å²) in [5, 5.41) is 7.25. The minimum Gasteiger partial charge on any atom is -0.387 e. The SMILES string of the molecule is N=C(N)CN1CCC2CCCC21. The molecule has 2 unspecified atom stereocenters. The Balaban J connectivity index is 1.95. The molecule has 0 aromatic carbocycles. The van der Waals surface area contributed by atoms with E-state index >= 15 is 0 Å². The van der Waals surface area contributed by atoms with E-state index in [-0.39, 0.29) is 0 Å². The zero-order chi connectivity index (χ0) is 8.55. The zero-order valence-electron chi connectivity index (χ0n) is 7.42. The van der Waals surface area contributed by atoms with E-state index < -0.39 is 0 Å². The molecule has 2 fully saturated rings. The van der Waals surface area contributed by atoms with Gasteiger partial charge >= 0.3 is 0 Å². The molecule has 1 saturated heterocycles. The van der Waals surface area contributed by atoms with Crippen molar-refractivity contribution < 1.29 is 0 Å². The minimum absolute atomic E-state index is 0.322. The Labute approximate surface area is 73.4 Å². The van der Waals surface area contributed by atoms with E-state index in [9.17, 15) is 0 Å². The summed E-state index contributed by atoms with van der Waals surface area (Å²) >= 11 is 0. The first-order chi connectivity index (χ1) is 5.77. The lowest BCUT2D eigenvalue weighted by Gasteiger charge is -2.22. The van der Waals surface area contributed by atoms with Crippen molar-refractivity contribution in [3.63, 3.8) is 0 Å². The van der Waals surface area contributed by atoms with Crippen molar-refractivity contribution in [3.8, 4) is 0 Å². The minimum atomic E-state index is 0.322. The van der Waals surface area contributed by atoms with Crippen molar-refractivity contribution in [1.29, 1.82) is 5.41 Å². The molecule has 68 valence electrons. The third kappa shape index (κ3) is 1.33. The number of hydrogen-bond acceptors (Lipinski definition) is 2. The van der Waals surface area contributed by atoms with Gasteiger partial charge in [-0.1, -0.05) is 6.42 Å². The largest absolute Gasteiger partial charge is 0.387 e. The van der Waals surface area contributed by atoms with E-state index in [0.717, 1.165) is 18.5 Å². The summed E-state index contributed by atoms with van der Waals surface area (Å²) in [6, 6.07) is 0.758. The second kappa shape index (κ2) is 3.05. The van der Waals surface area contributed by atoms with Gasteiger partial charge in [-0.05, 0) is 31.7 Å². The quantitative estimate of drug-likeness (QED) is 0.472. The summed E-state index contributed by atoms with van der Waals surface area (Å²) in [5.41, 5.74) is 5.40. The molecule has 0 bridgehead atoms. The van der Waals surface area contributed by atoms with Crippen LogP contribution in [-0.4, -0.2) is 29.9 Å². The summed E-state index contributed by atoms with van der Waals surface area (Å²) in [4.78, 5) is 2.39. The molecule has 3 N–H and O–H groups in total. The first-order valence-electron chi connectivity index (χ1n) is 4.84. The molecule has 12 heavy (non-hydrogen) atoms. The van der Waals surface area contributed by atoms with Gasteiger partial charge in [0.2, 0.25) is 0 Å². The van der Waals surface area contributed by atoms with E-state index in [0.29, 0.717) is 12.4 Å². The average molecular weight is 167 g/mol. The van der Waals surface area contributed by atoms with Crippen molar-refractivity contribution >= 4 is 5.84 Å². The number of rotatable bonds is 2. The van der Waals surface area contributed by atoms with Crippen molar-refractivity contribution in [3.05, 3.63) is 0 Å². The van der Waals surface area contributed by atoms with E-state index in [4.69, 9.17) is 11.1 Å².